The summed E-state index contributed by atoms with van der Waals surface area (Å²) < 4.78 is 2.57. The molecule has 1 spiro atoms. The van der Waals surface area contributed by atoms with Crippen molar-refractivity contribution >= 4 is 5.65 Å². The third-order valence-electron chi connectivity index (χ3n) is 9.07. The van der Waals surface area contributed by atoms with Gasteiger partial charge in [-0.3, -0.25) is 4.40 Å². The number of nitrogens with zero attached hydrogens (tertiary/aromatic N) is 3. The second kappa shape index (κ2) is 8.60. The number of benzene rings is 5. The topological polar surface area (TPSA) is 56.4 Å². The Kier molecular flexibility index (Phi) is 4.77. The average Bonchev–Trinajstić information content (AvgIpc) is 3.52. The van der Waals surface area contributed by atoms with Gasteiger partial charge in [0, 0.05) is 6.20 Å². The first-order valence-electron chi connectivity index (χ1n) is 14.3. The summed E-state index contributed by atoms with van der Waals surface area (Å²) in [6.07, 6.45) is 1.79. The zero-order valence-corrected chi connectivity index (χ0v) is 22.9. The number of hydrogen-bond donors (Lipinski definition) is 0. The van der Waals surface area contributed by atoms with Gasteiger partial charge < -0.3 is 0 Å². The standard InChI is InChI=1S/C38H23N3O2/c42-36-39-35-21-19-25(23-40(35)37(43)41(36)26-10-2-1-3-11-26)24-18-20-30-29-14-6-9-17-33(29)38(34(30)22-24)31-15-7-4-12-27(31)28-13-5-8-16-32(28)38/h1-23H. The van der Waals surface area contributed by atoms with E-state index in [0.29, 0.717) is 11.3 Å². The molecule has 2 aliphatic carbocycles. The van der Waals surface area contributed by atoms with Gasteiger partial charge in [-0.25, -0.2) is 14.2 Å². The van der Waals surface area contributed by atoms with Crippen LogP contribution in [0.3, 0.4) is 0 Å². The van der Waals surface area contributed by atoms with Crippen LogP contribution >= 0.6 is 0 Å². The first-order valence-corrected chi connectivity index (χ1v) is 14.3. The van der Waals surface area contributed by atoms with E-state index < -0.39 is 16.8 Å². The van der Waals surface area contributed by atoms with E-state index in [-0.39, 0.29) is 0 Å². The molecule has 7 aromatic rings. The van der Waals surface area contributed by atoms with Crippen LogP contribution in [0.4, 0.5) is 0 Å². The molecule has 5 nitrogen and oxygen atoms in total. The normalized spacial score (nSPS) is 13.5. The van der Waals surface area contributed by atoms with Crippen molar-refractivity contribution in [2.45, 2.75) is 5.41 Å². The quantitative estimate of drug-likeness (QED) is 0.235. The predicted octanol–water partition coefficient (Wildman–Crippen LogP) is 6.86. The van der Waals surface area contributed by atoms with Crippen LogP contribution in [0.5, 0.6) is 0 Å². The number of hydrogen-bond acceptors (Lipinski definition) is 3. The molecule has 2 aliphatic rings. The van der Waals surface area contributed by atoms with Crippen molar-refractivity contribution in [3.8, 4) is 39.1 Å². The van der Waals surface area contributed by atoms with E-state index in [2.05, 4.69) is 96.0 Å². The summed E-state index contributed by atoms with van der Waals surface area (Å²) in [7, 11) is 0. The van der Waals surface area contributed by atoms with Crippen LogP contribution in [0.1, 0.15) is 22.3 Å². The van der Waals surface area contributed by atoms with Gasteiger partial charge >= 0.3 is 11.4 Å². The van der Waals surface area contributed by atoms with Crippen molar-refractivity contribution in [1.29, 1.82) is 0 Å². The molecule has 9 rings (SSSR count). The average molecular weight is 554 g/mol. The third-order valence-corrected chi connectivity index (χ3v) is 9.07. The molecular formula is C38H23N3O2. The second-order valence-electron chi connectivity index (χ2n) is 11.1. The third kappa shape index (κ3) is 3.08. The minimum atomic E-state index is -0.597. The summed E-state index contributed by atoms with van der Waals surface area (Å²) in [5.41, 5.74) is 11.2. The van der Waals surface area contributed by atoms with E-state index >= 15 is 0 Å². The van der Waals surface area contributed by atoms with E-state index in [1.54, 1.807) is 36.5 Å². The molecule has 0 aliphatic heterocycles. The Labute approximate surface area is 246 Å². The molecule has 0 N–H and O–H groups in total. The van der Waals surface area contributed by atoms with Crippen LogP contribution in [0.2, 0.25) is 0 Å². The van der Waals surface area contributed by atoms with Crippen molar-refractivity contribution < 1.29 is 0 Å². The Hall–Kier alpha value is -5.81. The fraction of sp³-hybridized carbons (Fsp3) is 0.0263. The number of aromatic nitrogens is 3. The van der Waals surface area contributed by atoms with Crippen molar-refractivity contribution in [3.05, 3.63) is 183 Å². The lowest BCUT2D eigenvalue weighted by atomic mass is 9.70. The molecule has 5 heteroatoms. The minimum Gasteiger partial charge on any atom is -0.252 e. The summed E-state index contributed by atoms with van der Waals surface area (Å²) >= 11 is 0. The molecule has 0 unspecified atom stereocenters. The Bertz CT molecular complexity index is 2340. The monoisotopic (exact) mass is 553 g/mol. The first-order chi connectivity index (χ1) is 21.2. The van der Waals surface area contributed by atoms with Gasteiger partial charge in [0.25, 0.3) is 0 Å². The summed E-state index contributed by atoms with van der Waals surface area (Å²) in [6.45, 7) is 0. The largest absolute Gasteiger partial charge is 0.358 e. The smallest absolute Gasteiger partial charge is 0.252 e. The van der Waals surface area contributed by atoms with Crippen molar-refractivity contribution in [1.82, 2.24) is 14.0 Å². The van der Waals surface area contributed by atoms with Crippen LogP contribution in [0.15, 0.2) is 149 Å². The van der Waals surface area contributed by atoms with Gasteiger partial charge in [0.05, 0.1) is 11.1 Å². The molecule has 0 saturated carbocycles. The van der Waals surface area contributed by atoms with Crippen LogP contribution in [0.25, 0.3) is 44.7 Å². The summed E-state index contributed by atoms with van der Waals surface area (Å²) in [6, 6.07) is 45.4. The minimum absolute atomic E-state index is 0.314. The number of para-hydroxylation sites is 1. The van der Waals surface area contributed by atoms with E-state index in [0.717, 1.165) is 15.7 Å². The summed E-state index contributed by atoms with van der Waals surface area (Å²) in [5.74, 6) is 0. The molecule has 0 bridgehead atoms. The highest BCUT2D eigenvalue weighted by atomic mass is 16.2. The van der Waals surface area contributed by atoms with Crippen molar-refractivity contribution in [2.24, 2.45) is 0 Å². The summed E-state index contributed by atoms with van der Waals surface area (Å²) in [5, 5.41) is 0. The molecule has 2 aromatic heterocycles. The van der Waals surface area contributed by atoms with Gasteiger partial charge in [-0.2, -0.15) is 4.98 Å². The van der Waals surface area contributed by atoms with Gasteiger partial charge in [0.2, 0.25) is 0 Å². The molecule has 0 fully saturated rings. The fourth-order valence-corrected chi connectivity index (χ4v) is 7.32. The molecule has 0 saturated heterocycles. The van der Waals surface area contributed by atoms with Gasteiger partial charge in [-0.15, -0.1) is 0 Å². The molecule has 5 aromatic carbocycles. The molecule has 0 amide bonds. The zero-order chi connectivity index (χ0) is 28.7. The first kappa shape index (κ1) is 23.9. The molecule has 0 radical (unpaired) electrons. The van der Waals surface area contributed by atoms with E-state index in [4.69, 9.17) is 0 Å². The Morgan fingerprint density at radius 3 is 1.67 bits per heavy atom. The van der Waals surface area contributed by atoms with Crippen molar-refractivity contribution in [3.63, 3.8) is 0 Å². The zero-order valence-electron chi connectivity index (χ0n) is 22.9. The number of fused-ring (bicyclic) bond motifs is 11. The van der Waals surface area contributed by atoms with E-state index in [1.165, 1.54) is 48.9 Å². The molecule has 2 heterocycles. The van der Waals surface area contributed by atoms with Crippen LogP contribution in [-0.4, -0.2) is 14.0 Å². The lowest BCUT2D eigenvalue weighted by molar-refractivity contribution is 0.792. The number of rotatable bonds is 2. The number of pyridine rings is 1. The van der Waals surface area contributed by atoms with Crippen LogP contribution < -0.4 is 11.4 Å². The Morgan fingerprint density at radius 2 is 1.05 bits per heavy atom. The van der Waals surface area contributed by atoms with E-state index in [9.17, 15) is 9.59 Å². The van der Waals surface area contributed by atoms with Gasteiger partial charge in [0.1, 0.15) is 5.65 Å². The van der Waals surface area contributed by atoms with Crippen LogP contribution in [-0.2, 0) is 5.41 Å². The SMILES string of the molecule is O=c1nc2ccc(-c3ccc4c(c3)C3(c5ccccc5-c5ccccc53)c3ccccc3-4)cn2c(=O)n1-c1ccccc1. The second-order valence-corrected chi connectivity index (χ2v) is 11.1. The molecular weight excluding hydrogens is 530 g/mol. The highest BCUT2D eigenvalue weighted by Gasteiger charge is 2.51. The molecule has 202 valence electrons. The lowest BCUT2D eigenvalue weighted by Crippen LogP contribution is -2.38. The lowest BCUT2D eigenvalue weighted by Gasteiger charge is -2.30. The Morgan fingerprint density at radius 1 is 0.512 bits per heavy atom. The summed E-state index contributed by atoms with van der Waals surface area (Å²) in [4.78, 5) is 30.7. The fourth-order valence-electron chi connectivity index (χ4n) is 7.32. The van der Waals surface area contributed by atoms with Gasteiger partial charge in [-0.1, -0.05) is 103 Å². The maximum absolute atomic E-state index is 13.6. The molecule has 43 heavy (non-hydrogen) atoms. The van der Waals surface area contributed by atoms with E-state index in [1.807, 2.05) is 12.1 Å². The van der Waals surface area contributed by atoms with Crippen molar-refractivity contribution in [2.75, 3.05) is 0 Å². The van der Waals surface area contributed by atoms with Crippen LogP contribution in [0, 0.1) is 0 Å². The highest BCUT2D eigenvalue weighted by Crippen LogP contribution is 2.62. The van der Waals surface area contributed by atoms with Gasteiger partial charge in [-0.05, 0) is 86.0 Å². The maximum Gasteiger partial charge on any atom is 0.358 e. The Balaban J connectivity index is 1.31. The maximum atomic E-state index is 13.6. The highest BCUT2D eigenvalue weighted by molar-refractivity contribution is 5.95. The predicted molar refractivity (Wildman–Crippen MR) is 169 cm³/mol. The molecule has 0 atom stereocenters. The van der Waals surface area contributed by atoms with Gasteiger partial charge in [0.15, 0.2) is 0 Å².